The van der Waals surface area contributed by atoms with Gasteiger partial charge in [-0.1, -0.05) is 37.4 Å². The highest BCUT2D eigenvalue weighted by Crippen LogP contribution is 2.56. The van der Waals surface area contributed by atoms with E-state index < -0.39 is 0 Å². The molecule has 2 bridgehead atoms. The van der Waals surface area contributed by atoms with Gasteiger partial charge in [0.25, 0.3) is 0 Å². The van der Waals surface area contributed by atoms with E-state index in [2.05, 4.69) is 49.6 Å². The van der Waals surface area contributed by atoms with Gasteiger partial charge in [-0.05, 0) is 45.2 Å². The molecule has 2 aromatic carbocycles. The topological polar surface area (TPSA) is 9.23 Å². The summed E-state index contributed by atoms with van der Waals surface area (Å²) < 4.78 is 5.94. The van der Waals surface area contributed by atoms with Crippen LogP contribution in [0.2, 0.25) is 0 Å². The van der Waals surface area contributed by atoms with E-state index in [1.165, 1.54) is 21.9 Å². The molecule has 2 aliphatic rings. The molecule has 1 fully saturated rings. The van der Waals surface area contributed by atoms with Crippen LogP contribution in [0.3, 0.4) is 0 Å². The van der Waals surface area contributed by atoms with Crippen molar-refractivity contribution in [1.82, 2.24) is 0 Å². The zero-order valence-corrected chi connectivity index (χ0v) is 9.44. The van der Waals surface area contributed by atoms with Crippen molar-refractivity contribution in [3.63, 3.8) is 0 Å². The molecule has 1 nitrogen and oxygen atoms in total. The van der Waals surface area contributed by atoms with Gasteiger partial charge >= 0.3 is 0 Å². The number of benzene rings is 2. The normalized spacial score (nSPS) is 25.6. The molecule has 0 spiro atoms. The fourth-order valence-corrected chi connectivity index (χ4v) is 2.89. The molecule has 2 aromatic rings. The third kappa shape index (κ3) is 1.02. The minimum absolute atomic E-state index is 0.0344. The van der Waals surface area contributed by atoms with Crippen LogP contribution in [0.15, 0.2) is 60.7 Å². The second kappa shape index (κ2) is 2.88. The quantitative estimate of drug-likeness (QED) is 0.650. The van der Waals surface area contributed by atoms with E-state index in [1.807, 2.05) is 0 Å². The lowest BCUT2D eigenvalue weighted by atomic mass is 9.84. The van der Waals surface area contributed by atoms with Crippen molar-refractivity contribution in [3.8, 4) is 0 Å². The van der Waals surface area contributed by atoms with Gasteiger partial charge in [-0.25, -0.2) is 0 Å². The van der Waals surface area contributed by atoms with E-state index in [1.54, 1.807) is 0 Å². The minimum Gasteiger partial charge on any atom is -0.356 e. The molecular formula is C16H12O. The van der Waals surface area contributed by atoms with E-state index in [0.29, 0.717) is 0 Å². The van der Waals surface area contributed by atoms with Gasteiger partial charge in [-0.2, -0.15) is 0 Å². The summed E-state index contributed by atoms with van der Waals surface area (Å²) in [6.07, 6.45) is 0.0687. The zero-order chi connectivity index (χ0) is 11.6. The van der Waals surface area contributed by atoms with Crippen molar-refractivity contribution in [2.45, 2.75) is 12.2 Å². The first kappa shape index (κ1) is 9.20. The van der Waals surface area contributed by atoms with E-state index in [0.717, 1.165) is 11.1 Å². The Hall–Kier alpha value is -1.86. The fourth-order valence-electron chi connectivity index (χ4n) is 2.89. The first-order valence-electron chi connectivity index (χ1n) is 5.82. The molecule has 0 unspecified atom stereocenters. The largest absolute Gasteiger partial charge is 0.356 e. The maximum atomic E-state index is 5.94. The lowest BCUT2D eigenvalue weighted by molar-refractivity contribution is 0.0905. The first-order chi connectivity index (χ1) is 8.25. The molecule has 0 aromatic heterocycles. The average molecular weight is 220 g/mol. The fraction of sp³-hybridized carbons (Fsp3) is 0.125. The monoisotopic (exact) mass is 220 g/mol. The lowest BCUT2D eigenvalue weighted by Crippen LogP contribution is -2.02. The summed E-state index contributed by atoms with van der Waals surface area (Å²) in [7, 11) is 0. The Morgan fingerprint density at radius 3 is 1.76 bits per heavy atom. The van der Waals surface area contributed by atoms with Crippen LogP contribution in [-0.4, -0.2) is 0 Å². The zero-order valence-electron chi connectivity index (χ0n) is 9.44. The van der Waals surface area contributed by atoms with Gasteiger partial charge in [-0.3, -0.25) is 0 Å². The molecule has 17 heavy (non-hydrogen) atoms. The summed E-state index contributed by atoms with van der Waals surface area (Å²) in [6, 6.07) is 12.9. The van der Waals surface area contributed by atoms with Gasteiger partial charge < -0.3 is 4.74 Å². The van der Waals surface area contributed by atoms with Crippen molar-refractivity contribution >= 4 is 10.8 Å². The van der Waals surface area contributed by atoms with Crippen molar-refractivity contribution in [2.24, 2.45) is 0 Å². The van der Waals surface area contributed by atoms with E-state index in [9.17, 15) is 0 Å². The number of hydrogen-bond acceptors (Lipinski definition) is 1. The Bertz CT molecular complexity index is 622. The lowest BCUT2D eigenvalue weighted by Gasteiger charge is -2.16. The highest BCUT2D eigenvalue weighted by atomic mass is 16.5. The van der Waals surface area contributed by atoms with Gasteiger partial charge in [0, 0.05) is 0 Å². The van der Waals surface area contributed by atoms with Crippen molar-refractivity contribution in [3.05, 3.63) is 71.8 Å². The highest BCUT2D eigenvalue weighted by molar-refractivity contribution is 5.85. The third-order valence-electron chi connectivity index (χ3n) is 3.83. The highest BCUT2D eigenvalue weighted by Gasteiger charge is 2.43. The molecule has 0 aliphatic carbocycles. The third-order valence-corrected chi connectivity index (χ3v) is 3.83. The molecule has 0 N–H and O–H groups in total. The van der Waals surface area contributed by atoms with Crippen LogP contribution < -0.4 is 0 Å². The summed E-state index contributed by atoms with van der Waals surface area (Å²) >= 11 is 0. The van der Waals surface area contributed by atoms with Crippen LogP contribution in [-0.2, 0) is 4.74 Å². The Morgan fingerprint density at radius 2 is 1.29 bits per heavy atom. The summed E-state index contributed by atoms with van der Waals surface area (Å²) in [4.78, 5) is 0. The van der Waals surface area contributed by atoms with Crippen LogP contribution in [0.5, 0.6) is 0 Å². The molecule has 0 amide bonds. The van der Waals surface area contributed by atoms with E-state index in [-0.39, 0.29) is 12.2 Å². The number of ether oxygens (including phenoxy) is 1. The molecule has 2 aliphatic heterocycles. The number of fused-ring (bicyclic) bond motifs is 6. The first-order valence-corrected chi connectivity index (χ1v) is 5.82. The Labute approximate surface area is 100 Å². The van der Waals surface area contributed by atoms with E-state index in [4.69, 9.17) is 4.74 Å². The summed E-state index contributed by atoms with van der Waals surface area (Å²) in [6.45, 7) is 8.14. The molecule has 1 saturated heterocycles. The van der Waals surface area contributed by atoms with Crippen LogP contribution in [0.25, 0.3) is 10.8 Å². The second-order valence-electron chi connectivity index (χ2n) is 4.77. The SMILES string of the molecule is C=C1C(=C)[C@@H]2O[C@H]1c1cc3ccccc3cc12. The summed E-state index contributed by atoms with van der Waals surface area (Å²) in [5, 5.41) is 2.53. The van der Waals surface area contributed by atoms with Gasteiger partial charge in [-0.15, -0.1) is 0 Å². The predicted octanol–water partition coefficient (Wildman–Crippen LogP) is 4.08. The van der Waals surface area contributed by atoms with Crippen molar-refractivity contribution < 1.29 is 4.74 Å². The predicted molar refractivity (Wildman–Crippen MR) is 68.8 cm³/mol. The minimum atomic E-state index is 0.0344. The van der Waals surface area contributed by atoms with Crippen molar-refractivity contribution in [2.75, 3.05) is 0 Å². The van der Waals surface area contributed by atoms with Gasteiger partial charge in [0.2, 0.25) is 0 Å². The Kier molecular flexibility index (Phi) is 1.56. The Morgan fingerprint density at radius 1 is 0.824 bits per heavy atom. The van der Waals surface area contributed by atoms with Gasteiger partial charge in [0.15, 0.2) is 0 Å². The second-order valence-corrected chi connectivity index (χ2v) is 4.77. The van der Waals surface area contributed by atoms with Crippen LogP contribution in [0, 0.1) is 0 Å². The maximum absolute atomic E-state index is 5.94. The maximum Gasteiger partial charge on any atom is 0.109 e. The van der Waals surface area contributed by atoms with E-state index >= 15 is 0 Å². The molecule has 4 rings (SSSR count). The van der Waals surface area contributed by atoms with Crippen LogP contribution in [0.1, 0.15) is 23.3 Å². The average Bonchev–Trinajstić information content (AvgIpc) is 2.85. The smallest absolute Gasteiger partial charge is 0.109 e. The molecule has 0 radical (unpaired) electrons. The Balaban J connectivity index is 2.06. The van der Waals surface area contributed by atoms with Gasteiger partial charge in [0.05, 0.1) is 0 Å². The molecule has 0 saturated carbocycles. The number of hydrogen-bond donors (Lipinski definition) is 0. The van der Waals surface area contributed by atoms with Crippen molar-refractivity contribution in [1.29, 1.82) is 0 Å². The molecule has 2 heterocycles. The molecule has 1 heteroatoms. The molecule has 2 atom stereocenters. The van der Waals surface area contributed by atoms with Crippen LogP contribution >= 0.6 is 0 Å². The molecular weight excluding hydrogens is 208 g/mol. The number of rotatable bonds is 0. The van der Waals surface area contributed by atoms with Crippen LogP contribution in [0.4, 0.5) is 0 Å². The molecule has 82 valence electrons. The standard InChI is InChI=1S/C16H12O/c1-9-10(2)16-14-8-12-6-4-3-5-11(12)7-13(14)15(9)17-16/h3-8,15-16H,1-2H2/t15-,16+. The van der Waals surface area contributed by atoms with Gasteiger partial charge in [0.1, 0.15) is 12.2 Å². The summed E-state index contributed by atoms with van der Waals surface area (Å²) in [5.74, 6) is 0. The summed E-state index contributed by atoms with van der Waals surface area (Å²) in [5.41, 5.74) is 4.62.